The second kappa shape index (κ2) is 6.74. The van der Waals surface area contributed by atoms with Gasteiger partial charge in [-0.1, -0.05) is 13.8 Å². The summed E-state index contributed by atoms with van der Waals surface area (Å²) in [6.07, 6.45) is 1.49. The SMILES string of the molecule is CNc1ncnc(NC(C)C(=O)NC(C)(C)C)c1C(C)C. The first kappa shape index (κ1) is 17.2. The molecule has 3 N–H and O–H groups in total. The molecular formula is C15H27N5O. The van der Waals surface area contributed by atoms with Gasteiger partial charge in [-0.25, -0.2) is 9.97 Å². The normalized spacial score (nSPS) is 13.0. The van der Waals surface area contributed by atoms with Gasteiger partial charge in [0.1, 0.15) is 24.0 Å². The fourth-order valence-corrected chi connectivity index (χ4v) is 2.01. The molecule has 0 aromatic carbocycles. The number of carbonyl (C=O) groups is 1. The van der Waals surface area contributed by atoms with Gasteiger partial charge in [-0.15, -0.1) is 0 Å². The molecule has 118 valence electrons. The zero-order valence-electron chi connectivity index (χ0n) is 14.0. The Morgan fingerprint density at radius 2 is 1.71 bits per heavy atom. The van der Waals surface area contributed by atoms with Gasteiger partial charge in [0.05, 0.1) is 0 Å². The van der Waals surface area contributed by atoms with Gasteiger partial charge in [0.15, 0.2) is 0 Å². The molecule has 0 aliphatic carbocycles. The molecule has 1 aromatic rings. The Morgan fingerprint density at radius 3 is 2.19 bits per heavy atom. The van der Waals surface area contributed by atoms with E-state index in [1.54, 1.807) is 0 Å². The minimum Gasteiger partial charge on any atom is -0.373 e. The first-order valence-corrected chi connectivity index (χ1v) is 7.27. The molecule has 0 fully saturated rings. The quantitative estimate of drug-likeness (QED) is 0.776. The molecular weight excluding hydrogens is 266 g/mol. The van der Waals surface area contributed by atoms with Crippen molar-refractivity contribution < 1.29 is 4.79 Å². The zero-order chi connectivity index (χ0) is 16.2. The Kier molecular flexibility index (Phi) is 5.52. The highest BCUT2D eigenvalue weighted by atomic mass is 16.2. The molecule has 6 nitrogen and oxygen atoms in total. The number of amides is 1. The van der Waals surface area contributed by atoms with Crippen LogP contribution in [0.3, 0.4) is 0 Å². The Hall–Kier alpha value is -1.85. The van der Waals surface area contributed by atoms with Crippen molar-refractivity contribution >= 4 is 17.5 Å². The van der Waals surface area contributed by atoms with Crippen LogP contribution in [0.15, 0.2) is 6.33 Å². The second-order valence-electron chi connectivity index (χ2n) is 6.49. The Labute approximate surface area is 127 Å². The van der Waals surface area contributed by atoms with Crippen molar-refractivity contribution in [1.29, 1.82) is 0 Å². The van der Waals surface area contributed by atoms with Gasteiger partial charge in [0.25, 0.3) is 0 Å². The van der Waals surface area contributed by atoms with E-state index in [9.17, 15) is 4.79 Å². The highest BCUT2D eigenvalue weighted by molar-refractivity contribution is 5.84. The van der Waals surface area contributed by atoms with Crippen molar-refractivity contribution in [1.82, 2.24) is 15.3 Å². The third-order valence-electron chi connectivity index (χ3n) is 2.94. The Balaban J connectivity index is 2.95. The average molecular weight is 293 g/mol. The lowest BCUT2D eigenvalue weighted by Crippen LogP contribution is -2.47. The highest BCUT2D eigenvalue weighted by Gasteiger charge is 2.22. The molecule has 6 heteroatoms. The van der Waals surface area contributed by atoms with Crippen LogP contribution in [0.25, 0.3) is 0 Å². The number of nitrogens with zero attached hydrogens (tertiary/aromatic N) is 2. The average Bonchev–Trinajstić information content (AvgIpc) is 2.35. The predicted octanol–water partition coefficient (Wildman–Crippen LogP) is 2.36. The topological polar surface area (TPSA) is 78.9 Å². The fraction of sp³-hybridized carbons (Fsp3) is 0.667. The molecule has 0 saturated heterocycles. The summed E-state index contributed by atoms with van der Waals surface area (Å²) in [5.41, 5.74) is 0.728. The van der Waals surface area contributed by atoms with Gasteiger partial charge in [0, 0.05) is 18.2 Å². The van der Waals surface area contributed by atoms with E-state index in [1.165, 1.54) is 6.33 Å². The molecule has 0 radical (unpaired) electrons. The molecule has 1 unspecified atom stereocenters. The van der Waals surface area contributed by atoms with Crippen molar-refractivity contribution in [2.75, 3.05) is 17.7 Å². The lowest BCUT2D eigenvalue weighted by Gasteiger charge is -2.25. The van der Waals surface area contributed by atoms with Crippen LogP contribution in [0.2, 0.25) is 0 Å². The number of hydrogen-bond donors (Lipinski definition) is 3. The molecule has 0 saturated carbocycles. The molecule has 0 bridgehead atoms. The highest BCUT2D eigenvalue weighted by Crippen LogP contribution is 2.28. The minimum absolute atomic E-state index is 0.0539. The number of nitrogens with one attached hydrogen (secondary N) is 3. The molecule has 1 heterocycles. The van der Waals surface area contributed by atoms with Crippen LogP contribution >= 0.6 is 0 Å². The maximum atomic E-state index is 12.2. The molecule has 1 atom stereocenters. The molecule has 0 aliphatic rings. The van der Waals surface area contributed by atoms with Crippen LogP contribution in [0.5, 0.6) is 0 Å². The first-order chi connectivity index (χ1) is 9.65. The van der Waals surface area contributed by atoms with Crippen LogP contribution in [0.4, 0.5) is 11.6 Å². The van der Waals surface area contributed by atoms with Crippen LogP contribution in [-0.2, 0) is 4.79 Å². The molecule has 0 spiro atoms. The van der Waals surface area contributed by atoms with E-state index in [-0.39, 0.29) is 23.4 Å². The summed E-state index contributed by atoms with van der Waals surface area (Å²) in [6.45, 7) is 11.9. The molecule has 0 aliphatic heterocycles. The van der Waals surface area contributed by atoms with Crippen LogP contribution in [0, 0.1) is 0 Å². The molecule has 21 heavy (non-hydrogen) atoms. The summed E-state index contributed by atoms with van der Waals surface area (Å²) in [6, 6.07) is -0.374. The van der Waals surface area contributed by atoms with E-state index in [2.05, 4.69) is 39.8 Å². The minimum atomic E-state index is -0.374. The van der Waals surface area contributed by atoms with Gasteiger partial charge in [-0.3, -0.25) is 4.79 Å². The van der Waals surface area contributed by atoms with E-state index in [4.69, 9.17) is 0 Å². The van der Waals surface area contributed by atoms with Gasteiger partial charge in [0.2, 0.25) is 5.91 Å². The van der Waals surface area contributed by atoms with E-state index >= 15 is 0 Å². The van der Waals surface area contributed by atoms with Crippen LogP contribution < -0.4 is 16.0 Å². The number of hydrogen-bond acceptors (Lipinski definition) is 5. The first-order valence-electron chi connectivity index (χ1n) is 7.27. The van der Waals surface area contributed by atoms with E-state index in [0.717, 1.165) is 11.4 Å². The molecule has 1 rings (SSSR count). The monoisotopic (exact) mass is 293 g/mol. The Bertz CT molecular complexity index is 493. The Morgan fingerprint density at radius 1 is 1.14 bits per heavy atom. The molecule has 1 amide bonds. The third kappa shape index (κ3) is 4.88. The van der Waals surface area contributed by atoms with Crippen molar-refractivity contribution in [2.24, 2.45) is 0 Å². The fourth-order valence-electron chi connectivity index (χ4n) is 2.01. The smallest absolute Gasteiger partial charge is 0.242 e. The van der Waals surface area contributed by atoms with Crippen LogP contribution in [-0.4, -0.2) is 34.5 Å². The summed E-state index contributed by atoms with van der Waals surface area (Å²) in [5.74, 6) is 1.67. The summed E-state index contributed by atoms with van der Waals surface area (Å²) < 4.78 is 0. The molecule has 1 aromatic heterocycles. The van der Waals surface area contributed by atoms with Crippen LogP contribution in [0.1, 0.15) is 53.0 Å². The maximum Gasteiger partial charge on any atom is 0.242 e. The van der Waals surface area contributed by atoms with E-state index < -0.39 is 0 Å². The van der Waals surface area contributed by atoms with E-state index in [1.807, 2.05) is 34.7 Å². The summed E-state index contributed by atoms with van der Waals surface area (Å²) in [5, 5.41) is 9.21. The van der Waals surface area contributed by atoms with Gasteiger partial charge >= 0.3 is 0 Å². The largest absolute Gasteiger partial charge is 0.373 e. The van der Waals surface area contributed by atoms with Crippen molar-refractivity contribution in [2.45, 2.75) is 59.0 Å². The number of aromatic nitrogens is 2. The predicted molar refractivity (Wildman–Crippen MR) is 86.6 cm³/mol. The zero-order valence-corrected chi connectivity index (χ0v) is 14.0. The van der Waals surface area contributed by atoms with Gasteiger partial charge in [-0.2, -0.15) is 0 Å². The van der Waals surface area contributed by atoms with Crippen molar-refractivity contribution in [3.05, 3.63) is 11.9 Å². The maximum absolute atomic E-state index is 12.2. The lowest BCUT2D eigenvalue weighted by molar-refractivity contribution is -0.122. The number of carbonyl (C=O) groups excluding carboxylic acids is 1. The standard InChI is InChI=1S/C15H27N5O/c1-9(2)11-12(16-7)17-8-18-13(11)19-10(3)14(21)20-15(4,5)6/h8-10H,1-7H3,(H,20,21)(H2,16,17,18,19). The summed E-state index contributed by atoms with van der Waals surface area (Å²) >= 11 is 0. The summed E-state index contributed by atoms with van der Waals surface area (Å²) in [4.78, 5) is 20.7. The van der Waals surface area contributed by atoms with Crippen molar-refractivity contribution in [3.8, 4) is 0 Å². The number of anilines is 2. The summed E-state index contributed by atoms with van der Waals surface area (Å²) in [7, 11) is 1.83. The second-order valence-corrected chi connectivity index (χ2v) is 6.49. The number of rotatable bonds is 5. The van der Waals surface area contributed by atoms with Gasteiger partial charge < -0.3 is 16.0 Å². The van der Waals surface area contributed by atoms with Gasteiger partial charge in [-0.05, 0) is 33.6 Å². The van der Waals surface area contributed by atoms with Crippen molar-refractivity contribution in [3.63, 3.8) is 0 Å². The van der Waals surface area contributed by atoms with E-state index in [0.29, 0.717) is 5.82 Å². The third-order valence-corrected chi connectivity index (χ3v) is 2.94. The lowest BCUT2D eigenvalue weighted by atomic mass is 10.0.